The molecule has 1 atom stereocenters. The van der Waals surface area contributed by atoms with Gasteiger partial charge < -0.3 is 0 Å². The van der Waals surface area contributed by atoms with E-state index in [9.17, 15) is 0 Å². The van der Waals surface area contributed by atoms with E-state index in [-0.39, 0.29) is 24.0 Å². The largest absolute Gasteiger partial charge is 0.176 e. The zero-order valence-corrected chi connectivity index (χ0v) is 17.5. The molecule has 0 saturated heterocycles. The molecular weight excluding hydrogens is 399 g/mol. The highest BCUT2D eigenvalue weighted by Gasteiger charge is 2.04. The highest BCUT2D eigenvalue weighted by Crippen LogP contribution is 2.16. The molecule has 22 heavy (non-hydrogen) atoms. The molecule has 0 aliphatic carbocycles. The molecule has 0 spiro atoms. The van der Waals surface area contributed by atoms with Crippen LogP contribution in [0.3, 0.4) is 0 Å². The van der Waals surface area contributed by atoms with Crippen LogP contribution in [0.5, 0.6) is 0 Å². The average Bonchev–Trinajstić information content (AvgIpc) is 2.50. The van der Waals surface area contributed by atoms with E-state index in [1.165, 1.54) is 76.2 Å². The second kappa shape index (κ2) is 16.2. The van der Waals surface area contributed by atoms with Gasteiger partial charge >= 0.3 is 0 Å². The molecule has 1 unspecified atom stereocenters. The van der Waals surface area contributed by atoms with Crippen LogP contribution in [-0.2, 0) is 6.42 Å². The monoisotopic (exact) mass is 434 g/mol. The van der Waals surface area contributed by atoms with Crippen molar-refractivity contribution in [3.63, 3.8) is 0 Å². The Hall–Kier alpha value is 0.300. The van der Waals surface area contributed by atoms with Crippen molar-refractivity contribution in [2.24, 2.45) is 0 Å². The molecule has 1 rings (SSSR count). The summed E-state index contributed by atoms with van der Waals surface area (Å²) in [4.78, 5) is 0. The SMILES string of the molecule is CCCCCCCCCCCCC(S)Cc1ccccc1.I. The Balaban J connectivity index is 0.00000441. The van der Waals surface area contributed by atoms with Crippen LogP contribution < -0.4 is 0 Å². The summed E-state index contributed by atoms with van der Waals surface area (Å²) >= 11 is 4.73. The highest BCUT2D eigenvalue weighted by atomic mass is 127. The number of hydrogen-bond donors (Lipinski definition) is 1. The first-order valence-corrected chi connectivity index (χ1v) is 9.56. The van der Waals surface area contributed by atoms with Crippen molar-refractivity contribution in [3.8, 4) is 0 Å². The topological polar surface area (TPSA) is 0 Å². The Labute approximate surface area is 161 Å². The summed E-state index contributed by atoms with van der Waals surface area (Å²) in [5.41, 5.74) is 1.42. The summed E-state index contributed by atoms with van der Waals surface area (Å²) in [7, 11) is 0. The lowest BCUT2D eigenvalue weighted by Gasteiger charge is -2.10. The third-order valence-electron chi connectivity index (χ3n) is 4.21. The maximum absolute atomic E-state index is 4.73. The lowest BCUT2D eigenvalue weighted by Crippen LogP contribution is -2.03. The molecule has 0 nitrogen and oxygen atoms in total. The molecule has 0 aromatic heterocycles. The van der Waals surface area contributed by atoms with Crippen molar-refractivity contribution < 1.29 is 0 Å². The van der Waals surface area contributed by atoms with Gasteiger partial charge in [-0.1, -0.05) is 101 Å². The van der Waals surface area contributed by atoms with Crippen LogP contribution in [0.15, 0.2) is 30.3 Å². The Morgan fingerprint density at radius 2 is 1.27 bits per heavy atom. The number of halogens is 1. The molecule has 0 amide bonds. The van der Waals surface area contributed by atoms with Gasteiger partial charge in [-0.3, -0.25) is 0 Å². The maximum Gasteiger partial charge on any atom is 0.00572 e. The van der Waals surface area contributed by atoms with Gasteiger partial charge in [-0.2, -0.15) is 12.6 Å². The standard InChI is InChI=1S/C20H34S.HI/c1-2-3-4-5-6-7-8-9-10-14-17-20(21)18-19-15-12-11-13-16-19;/h11-13,15-16,20-21H,2-10,14,17-18H2,1H3;1H. The van der Waals surface area contributed by atoms with Gasteiger partial charge in [0.2, 0.25) is 0 Å². The first kappa shape index (κ1) is 22.3. The van der Waals surface area contributed by atoms with Crippen LogP contribution in [0.4, 0.5) is 0 Å². The minimum atomic E-state index is 0. The van der Waals surface area contributed by atoms with Gasteiger partial charge in [0.1, 0.15) is 0 Å². The summed E-state index contributed by atoms with van der Waals surface area (Å²) in [6, 6.07) is 10.7. The minimum absolute atomic E-state index is 0. The smallest absolute Gasteiger partial charge is 0.00572 e. The van der Waals surface area contributed by atoms with Gasteiger partial charge in [-0.15, -0.1) is 24.0 Å². The molecule has 0 radical (unpaired) electrons. The Morgan fingerprint density at radius 3 is 1.82 bits per heavy atom. The second-order valence-electron chi connectivity index (χ2n) is 6.31. The Kier molecular flexibility index (Phi) is 16.4. The summed E-state index contributed by atoms with van der Waals surface area (Å²) < 4.78 is 0. The first-order valence-electron chi connectivity index (χ1n) is 9.05. The number of rotatable bonds is 13. The third kappa shape index (κ3) is 12.8. The Bertz CT molecular complexity index is 326. The zero-order valence-electron chi connectivity index (χ0n) is 14.3. The number of unbranched alkanes of at least 4 members (excludes halogenated alkanes) is 9. The molecule has 2 heteroatoms. The normalized spacial score (nSPS) is 11.9. The number of hydrogen-bond acceptors (Lipinski definition) is 1. The molecule has 0 bridgehead atoms. The van der Waals surface area contributed by atoms with E-state index in [0.29, 0.717) is 5.25 Å². The van der Waals surface area contributed by atoms with Crippen molar-refractivity contribution in [2.75, 3.05) is 0 Å². The van der Waals surface area contributed by atoms with Gasteiger partial charge in [-0.05, 0) is 18.4 Å². The van der Waals surface area contributed by atoms with Crippen LogP contribution in [-0.4, -0.2) is 5.25 Å². The second-order valence-corrected chi connectivity index (χ2v) is 7.04. The summed E-state index contributed by atoms with van der Waals surface area (Å²) in [6.07, 6.45) is 16.5. The quantitative estimate of drug-likeness (QED) is 0.186. The van der Waals surface area contributed by atoms with E-state index in [2.05, 4.69) is 37.3 Å². The van der Waals surface area contributed by atoms with Crippen LogP contribution >= 0.6 is 36.6 Å². The van der Waals surface area contributed by atoms with Crippen molar-refractivity contribution in [1.82, 2.24) is 0 Å². The van der Waals surface area contributed by atoms with Gasteiger partial charge in [0, 0.05) is 5.25 Å². The van der Waals surface area contributed by atoms with Crippen LogP contribution in [0, 0.1) is 0 Å². The Morgan fingerprint density at radius 1 is 0.773 bits per heavy atom. The van der Waals surface area contributed by atoms with Gasteiger partial charge in [0.25, 0.3) is 0 Å². The fraction of sp³-hybridized carbons (Fsp3) is 0.700. The van der Waals surface area contributed by atoms with Crippen molar-refractivity contribution in [2.45, 2.75) is 89.2 Å². The van der Waals surface area contributed by atoms with Gasteiger partial charge in [-0.25, -0.2) is 0 Å². The van der Waals surface area contributed by atoms with Crippen molar-refractivity contribution >= 4 is 36.6 Å². The molecule has 1 aromatic rings. The number of benzene rings is 1. The summed E-state index contributed by atoms with van der Waals surface area (Å²) in [6.45, 7) is 2.28. The van der Waals surface area contributed by atoms with E-state index >= 15 is 0 Å². The van der Waals surface area contributed by atoms with E-state index in [1.807, 2.05) is 0 Å². The maximum atomic E-state index is 4.73. The molecule has 0 fully saturated rings. The first-order chi connectivity index (χ1) is 10.3. The molecule has 128 valence electrons. The lowest BCUT2D eigenvalue weighted by atomic mass is 10.0. The number of thiol groups is 1. The van der Waals surface area contributed by atoms with Crippen LogP contribution in [0.25, 0.3) is 0 Å². The molecule has 0 N–H and O–H groups in total. The summed E-state index contributed by atoms with van der Waals surface area (Å²) in [5.74, 6) is 0. The molecule has 0 heterocycles. The molecule has 0 aliphatic heterocycles. The van der Waals surface area contributed by atoms with Crippen LogP contribution in [0.2, 0.25) is 0 Å². The fourth-order valence-electron chi connectivity index (χ4n) is 2.86. The minimum Gasteiger partial charge on any atom is -0.176 e. The molecular formula is C20H35IS. The third-order valence-corrected chi connectivity index (χ3v) is 4.65. The predicted octanol–water partition coefficient (Wildman–Crippen LogP) is 7.46. The summed E-state index contributed by atoms with van der Waals surface area (Å²) in [5, 5.41) is 0.529. The van der Waals surface area contributed by atoms with E-state index in [4.69, 9.17) is 12.6 Å². The average molecular weight is 434 g/mol. The van der Waals surface area contributed by atoms with Crippen LogP contribution in [0.1, 0.15) is 83.1 Å². The lowest BCUT2D eigenvalue weighted by molar-refractivity contribution is 0.546. The highest BCUT2D eigenvalue weighted by molar-refractivity contribution is 14.0. The van der Waals surface area contributed by atoms with E-state index < -0.39 is 0 Å². The van der Waals surface area contributed by atoms with Crippen molar-refractivity contribution in [3.05, 3.63) is 35.9 Å². The molecule has 0 saturated carbocycles. The van der Waals surface area contributed by atoms with Crippen molar-refractivity contribution in [1.29, 1.82) is 0 Å². The molecule has 0 aliphatic rings. The van der Waals surface area contributed by atoms with Gasteiger partial charge in [0.05, 0.1) is 0 Å². The predicted molar refractivity (Wildman–Crippen MR) is 115 cm³/mol. The van der Waals surface area contributed by atoms with E-state index in [1.54, 1.807) is 0 Å². The zero-order chi connectivity index (χ0) is 15.2. The van der Waals surface area contributed by atoms with E-state index in [0.717, 1.165) is 6.42 Å². The molecule has 1 aromatic carbocycles. The fourth-order valence-corrected chi connectivity index (χ4v) is 3.25. The van der Waals surface area contributed by atoms with Gasteiger partial charge in [0.15, 0.2) is 0 Å².